The Kier molecular flexibility index (Phi) is 6.60. The van der Waals surface area contributed by atoms with Crippen LogP contribution in [0.2, 0.25) is 0 Å². The Labute approximate surface area is 177 Å². The summed E-state index contributed by atoms with van der Waals surface area (Å²) in [6, 6.07) is 8.59. The molecule has 1 saturated carbocycles. The van der Waals surface area contributed by atoms with Crippen LogP contribution in [0.25, 0.3) is 0 Å². The third-order valence-electron chi connectivity index (χ3n) is 6.11. The number of benzene rings is 1. The molecule has 8 heteroatoms. The lowest BCUT2D eigenvalue weighted by atomic mass is 9.76. The van der Waals surface area contributed by atoms with Crippen molar-refractivity contribution in [1.82, 2.24) is 15.5 Å². The molecule has 1 heterocycles. The molecule has 3 rings (SSSR count). The van der Waals surface area contributed by atoms with Crippen LogP contribution in [0.4, 0.5) is 10.5 Å². The summed E-state index contributed by atoms with van der Waals surface area (Å²) in [5.41, 5.74) is 0.492. The molecule has 8 nitrogen and oxygen atoms in total. The van der Waals surface area contributed by atoms with Crippen LogP contribution in [0.3, 0.4) is 0 Å². The number of carbonyl (C=O) groups excluding carboxylic acids is 2. The van der Waals surface area contributed by atoms with Gasteiger partial charge in [0.25, 0.3) is 5.91 Å². The van der Waals surface area contributed by atoms with Crippen molar-refractivity contribution >= 4 is 23.6 Å². The average molecular weight is 411 g/mol. The maximum absolute atomic E-state index is 12.8. The van der Waals surface area contributed by atoms with Gasteiger partial charge in [0.2, 0.25) is 0 Å². The van der Waals surface area contributed by atoms with Gasteiger partial charge in [-0.05, 0) is 55.9 Å². The van der Waals surface area contributed by atoms with Gasteiger partial charge in [0.15, 0.2) is 5.96 Å². The van der Waals surface area contributed by atoms with Crippen molar-refractivity contribution in [2.75, 3.05) is 12.4 Å². The SMILES string of the molecule is CCC[C@]1(C[C@H]2CCC[C@@H](NC(=O)Nc3ccc(C#N)cc3)C2)NC(=N)N(C)C1=O. The molecule has 2 fully saturated rings. The predicted octanol–water partition coefficient (Wildman–Crippen LogP) is 3.16. The lowest BCUT2D eigenvalue weighted by Crippen LogP contribution is -2.49. The van der Waals surface area contributed by atoms with E-state index in [1.165, 1.54) is 4.90 Å². The highest BCUT2D eigenvalue weighted by Crippen LogP contribution is 2.36. The minimum atomic E-state index is -0.697. The van der Waals surface area contributed by atoms with Crippen LogP contribution in [0, 0.1) is 22.7 Å². The number of hydrogen-bond donors (Lipinski definition) is 4. The van der Waals surface area contributed by atoms with Crippen LogP contribution in [-0.4, -0.2) is 41.4 Å². The van der Waals surface area contributed by atoms with E-state index in [9.17, 15) is 9.59 Å². The molecule has 3 amide bonds. The number of guanidine groups is 1. The molecule has 0 bridgehead atoms. The molecule has 30 heavy (non-hydrogen) atoms. The molecule has 160 valence electrons. The number of nitrogens with one attached hydrogen (secondary N) is 4. The van der Waals surface area contributed by atoms with Crippen molar-refractivity contribution in [3.05, 3.63) is 29.8 Å². The Bertz CT molecular complexity index is 846. The number of urea groups is 1. The Morgan fingerprint density at radius 2 is 2.10 bits per heavy atom. The summed E-state index contributed by atoms with van der Waals surface area (Å²) in [4.78, 5) is 26.6. The van der Waals surface area contributed by atoms with Gasteiger partial charge in [-0.15, -0.1) is 0 Å². The van der Waals surface area contributed by atoms with Crippen LogP contribution < -0.4 is 16.0 Å². The maximum Gasteiger partial charge on any atom is 0.319 e. The molecule has 1 aromatic rings. The first-order valence-electron chi connectivity index (χ1n) is 10.6. The first-order valence-corrected chi connectivity index (χ1v) is 10.6. The fourth-order valence-electron chi connectivity index (χ4n) is 4.70. The van der Waals surface area contributed by atoms with E-state index in [1.54, 1.807) is 31.3 Å². The quantitative estimate of drug-likeness (QED) is 0.575. The van der Waals surface area contributed by atoms with Crippen LogP contribution in [0.15, 0.2) is 24.3 Å². The molecular weight excluding hydrogens is 380 g/mol. The third kappa shape index (κ3) is 4.73. The van der Waals surface area contributed by atoms with Gasteiger partial charge < -0.3 is 16.0 Å². The summed E-state index contributed by atoms with van der Waals surface area (Å²) in [6.45, 7) is 2.05. The standard InChI is InChI=1S/C22H30N6O2/c1-3-11-22(19(29)28(2)20(24)27-22)13-16-5-4-6-18(12-16)26-21(30)25-17-9-7-15(14-23)8-10-17/h7-10,16,18H,3-6,11-13H2,1-2H3,(H2,24,27)(H2,25,26,30)/t16-,18+,22+/m0/s1. The second-order valence-electron chi connectivity index (χ2n) is 8.39. The van der Waals surface area contributed by atoms with Crippen LogP contribution in [-0.2, 0) is 4.79 Å². The third-order valence-corrected chi connectivity index (χ3v) is 6.11. The normalized spacial score (nSPS) is 26.1. The Balaban J connectivity index is 1.58. The van der Waals surface area contributed by atoms with E-state index in [0.717, 1.165) is 32.1 Å². The van der Waals surface area contributed by atoms with Gasteiger partial charge in [-0.2, -0.15) is 5.26 Å². The van der Waals surface area contributed by atoms with Crippen molar-refractivity contribution in [2.45, 2.75) is 63.5 Å². The first-order chi connectivity index (χ1) is 14.4. The fraction of sp³-hybridized carbons (Fsp3) is 0.545. The van der Waals surface area contributed by atoms with Crippen molar-refractivity contribution in [2.24, 2.45) is 5.92 Å². The van der Waals surface area contributed by atoms with E-state index >= 15 is 0 Å². The molecule has 3 atom stereocenters. The second kappa shape index (κ2) is 9.16. The number of nitrogens with zero attached hydrogens (tertiary/aromatic N) is 2. The summed E-state index contributed by atoms with van der Waals surface area (Å²) in [6.07, 6.45) is 5.99. The lowest BCUT2D eigenvalue weighted by molar-refractivity contribution is -0.131. The van der Waals surface area contributed by atoms with Gasteiger partial charge in [-0.1, -0.05) is 26.2 Å². The number of rotatable bonds is 6. The molecule has 4 N–H and O–H groups in total. The largest absolute Gasteiger partial charge is 0.342 e. The summed E-state index contributed by atoms with van der Waals surface area (Å²) in [5, 5.41) is 25.9. The first kappa shape index (κ1) is 21.6. The molecule has 0 radical (unpaired) electrons. The van der Waals surface area contributed by atoms with E-state index < -0.39 is 5.54 Å². The van der Waals surface area contributed by atoms with Gasteiger partial charge in [0.05, 0.1) is 11.6 Å². The Morgan fingerprint density at radius 3 is 2.70 bits per heavy atom. The number of carbonyl (C=O) groups is 2. The fourth-order valence-corrected chi connectivity index (χ4v) is 4.70. The lowest BCUT2D eigenvalue weighted by Gasteiger charge is -2.35. The molecule has 2 aliphatic rings. The molecule has 1 aliphatic heterocycles. The monoisotopic (exact) mass is 410 g/mol. The van der Waals surface area contributed by atoms with Gasteiger partial charge in [-0.3, -0.25) is 15.1 Å². The van der Waals surface area contributed by atoms with Crippen LogP contribution in [0.5, 0.6) is 0 Å². The van der Waals surface area contributed by atoms with Crippen molar-refractivity contribution in [3.63, 3.8) is 0 Å². The van der Waals surface area contributed by atoms with Gasteiger partial charge in [0.1, 0.15) is 5.54 Å². The second-order valence-corrected chi connectivity index (χ2v) is 8.39. The van der Waals surface area contributed by atoms with Crippen LogP contribution >= 0.6 is 0 Å². The van der Waals surface area contributed by atoms with Gasteiger partial charge in [-0.25, -0.2) is 4.79 Å². The highest BCUT2D eigenvalue weighted by Gasteiger charge is 2.48. The maximum atomic E-state index is 12.8. The highest BCUT2D eigenvalue weighted by molar-refractivity contribution is 6.07. The number of likely N-dealkylation sites (N-methyl/N-ethyl adjacent to an activating group) is 1. The molecule has 0 unspecified atom stereocenters. The topological polar surface area (TPSA) is 121 Å². The summed E-state index contributed by atoms with van der Waals surface area (Å²) < 4.78 is 0. The molecule has 1 saturated heterocycles. The van der Waals surface area contributed by atoms with Gasteiger partial charge >= 0.3 is 6.03 Å². The van der Waals surface area contributed by atoms with E-state index in [1.807, 2.05) is 0 Å². The zero-order valence-corrected chi connectivity index (χ0v) is 17.6. The Morgan fingerprint density at radius 1 is 1.37 bits per heavy atom. The van der Waals surface area contributed by atoms with E-state index in [-0.39, 0.29) is 23.9 Å². The molecule has 0 spiro atoms. The molecular formula is C22H30N6O2. The van der Waals surface area contributed by atoms with Crippen LogP contribution in [0.1, 0.15) is 57.4 Å². The van der Waals surface area contributed by atoms with Crippen molar-refractivity contribution in [1.29, 1.82) is 10.7 Å². The average Bonchev–Trinajstić information content (AvgIpc) is 2.92. The smallest absolute Gasteiger partial charge is 0.319 e. The minimum absolute atomic E-state index is 0.0250. The Hall–Kier alpha value is -3.08. The van der Waals surface area contributed by atoms with E-state index in [2.05, 4.69) is 28.9 Å². The number of amides is 3. The van der Waals surface area contributed by atoms with Crippen molar-refractivity contribution in [3.8, 4) is 6.07 Å². The number of nitriles is 1. The summed E-state index contributed by atoms with van der Waals surface area (Å²) in [7, 11) is 1.65. The van der Waals surface area contributed by atoms with Gasteiger partial charge in [0, 0.05) is 18.8 Å². The number of anilines is 1. The highest BCUT2D eigenvalue weighted by atomic mass is 16.2. The predicted molar refractivity (Wildman–Crippen MR) is 115 cm³/mol. The van der Waals surface area contributed by atoms with Crippen molar-refractivity contribution < 1.29 is 9.59 Å². The molecule has 1 aromatic carbocycles. The summed E-state index contributed by atoms with van der Waals surface area (Å²) in [5.74, 6) is 0.449. The molecule has 0 aromatic heterocycles. The number of hydrogen-bond acceptors (Lipinski definition) is 4. The van der Waals surface area contributed by atoms with E-state index in [4.69, 9.17) is 10.7 Å². The molecule has 1 aliphatic carbocycles. The zero-order valence-electron chi connectivity index (χ0n) is 17.6. The van der Waals surface area contributed by atoms with E-state index in [0.29, 0.717) is 30.0 Å². The summed E-state index contributed by atoms with van der Waals surface area (Å²) >= 11 is 0. The zero-order chi connectivity index (χ0) is 21.7. The minimum Gasteiger partial charge on any atom is -0.342 e.